The van der Waals surface area contributed by atoms with Crippen LogP contribution in [0.2, 0.25) is 0 Å². The third kappa shape index (κ3) is 3.42. The Morgan fingerprint density at radius 2 is 2.17 bits per heavy atom. The molecule has 0 spiro atoms. The highest BCUT2D eigenvalue weighted by molar-refractivity contribution is 5.30. The summed E-state index contributed by atoms with van der Waals surface area (Å²) in [6, 6.07) is 3.13. The minimum atomic E-state index is 0.444. The van der Waals surface area contributed by atoms with Gasteiger partial charge in [0.2, 0.25) is 5.95 Å². The van der Waals surface area contributed by atoms with E-state index in [2.05, 4.69) is 47.4 Å². The smallest absolute Gasteiger partial charge is 0.223 e. The summed E-state index contributed by atoms with van der Waals surface area (Å²) in [6.07, 6.45) is 2.27. The van der Waals surface area contributed by atoms with E-state index in [1.807, 2.05) is 6.92 Å². The second kappa shape index (κ2) is 5.65. The first-order valence-corrected chi connectivity index (χ1v) is 6.90. The number of nitrogens with zero attached hydrogens (tertiary/aromatic N) is 2. The Morgan fingerprint density at radius 1 is 1.39 bits per heavy atom. The van der Waals surface area contributed by atoms with Crippen molar-refractivity contribution in [2.24, 2.45) is 0 Å². The van der Waals surface area contributed by atoms with Gasteiger partial charge in [0, 0.05) is 23.5 Å². The van der Waals surface area contributed by atoms with E-state index in [0.717, 1.165) is 36.7 Å². The Hall–Kier alpha value is -1.16. The fourth-order valence-electron chi connectivity index (χ4n) is 2.40. The lowest BCUT2D eigenvalue weighted by Crippen LogP contribution is -2.41. The Kier molecular flexibility index (Phi) is 4.17. The first-order valence-electron chi connectivity index (χ1n) is 6.90. The van der Waals surface area contributed by atoms with E-state index < -0.39 is 0 Å². The molecule has 1 aromatic rings. The van der Waals surface area contributed by atoms with Gasteiger partial charge in [-0.1, -0.05) is 13.8 Å². The zero-order valence-corrected chi connectivity index (χ0v) is 11.8. The van der Waals surface area contributed by atoms with Gasteiger partial charge in [-0.05, 0) is 45.2 Å². The zero-order chi connectivity index (χ0) is 13.1. The van der Waals surface area contributed by atoms with Gasteiger partial charge >= 0.3 is 0 Å². The van der Waals surface area contributed by atoms with E-state index >= 15 is 0 Å². The third-order valence-electron chi connectivity index (χ3n) is 3.42. The third-order valence-corrected chi connectivity index (χ3v) is 3.42. The monoisotopic (exact) mass is 248 g/mol. The van der Waals surface area contributed by atoms with Crippen LogP contribution < -0.4 is 10.6 Å². The van der Waals surface area contributed by atoms with E-state index in [-0.39, 0.29) is 0 Å². The van der Waals surface area contributed by atoms with Gasteiger partial charge in [0.25, 0.3) is 0 Å². The van der Waals surface area contributed by atoms with Crippen molar-refractivity contribution in [3.8, 4) is 0 Å². The number of aromatic nitrogens is 2. The second-order valence-corrected chi connectivity index (χ2v) is 5.63. The molecule has 2 unspecified atom stereocenters. The molecule has 0 aliphatic carbocycles. The lowest BCUT2D eigenvalue weighted by molar-refractivity contribution is 0.395. The predicted molar refractivity (Wildman–Crippen MR) is 75.0 cm³/mol. The molecule has 2 atom stereocenters. The topological polar surface area (TPSA) is 49.8 Å². The number of rotatable bonds is 3. The fourth-order valence-corrected chi connectivity index (χ4v) is 2.40. The summed E-state index contributed by atoms with van der Waals surface area (Å²) in [5, 5.41) is 6.94. The van der Waals surface area contributed by atoms with Crippen molar-refractivity contribution in [2.75, 3.05) is 11.9 Å². The van der Waals surface area contributed by atoms with Crippen molar-refractivity contribution in [3.63, 3.8) is 0 Å². The summed E-state index contributed by atoms with van der Waals surface area (Å²) in [6.45, 7) is 9.66. The van der Waals surface area contributed by atoms with Crippen LogP contribution in [0.25, 0.3) is 0 Å². The van der Waals surface area contributed by atoms with E-state index in [9.17, 15) is 0 Å². The fraction of sp³-hybridized carbons (Fsp3) is 0.714. The number of hydrogen-bond acceptors (Lipinski definition) is 4. The number of piperidine rings is 1. The van der Waals surface area contributed by atoms with Crippen molar-refractivity contribution in [3.05, 3.63) is 17.5 Å². The molecule has 4 nitrogen and oxygen atoms in total. The summed E-state index contributed by atoms with van der Waals surface area (Å²) in [7, 11) is 0. The highest BCUT2D eigenvalue weighted by Crippen LogP contribution is 2.17. The standard InChI is InChI=1S/C14H24N4/c1-9(2)13-8-11(4)16-14(18-13)17-12-5-6-15-10(3)7-12/h8-10,12,15H,5-7H2,1-4H3,(H,16,17,18). The lowest BCUT2D eigenvalue weighted by atomic mass is 10.0. The summed E-state index contributed by atoms with van der Waals surface area (Å²) in [4.78, 5) is 9.10. The average molecular weight is 248 g/mol. The summed E-state index contributed by atoms with van der Waals surface area (Å²) < 4.78 is 0. The van der Waals surface area contributed by atoms with Gasteiger partial charge in [-0.2, -0.15) is 0 Å². The molecule has 2 heterocycles. The van der Waals surface area contributed by atoms with Crippen molar-refractivity contribution in [1.82, 2.24) is 15.3 Å². The van der Waals surface area contributed by atoms with Gasteiger partial charge < -0.3 is 10.6 Å². The van der Waals surface area contributed by atoms with Crippen LogP contribution in [-0.4, -0.2) is 28.6 Å². The molecule has 0 aromatic carbocycles. The van der Waals surface area contributed by atoms with E-state index in [4.69, 9.17) is 0 Å². The molecule has 100 valence electrons. The second-order valence-electron chi connectivity index (χ2n) is 5.63. The van der Waals surface area contributed by atoms with Crippen molar-refractivity contribution in [1.29, 1.82) is 0 Å². The molecule has 1 saturated heterocycles. The largest absolute Gasteiger partial charge is 0.351 e. The molecular formula is C14H24N4. The summed E-state index contributed by atoms with van der Waals surface area (Å²) >= 11 is 0. The van der Waals surface area contributed by atoms with Crippen molar-refractivity contribution < 1.29 is 0 Å². The van der Waals surface area contributed by atoms with Crippen LogP contribution in [0.1, 0.15) is 50.9 Å². The normalized spacial score (nSPS) is 24.3. The molecule has 2 N–H and O–H groups in total. The minimum Gasteiger partial charge on any atom is -0.351 e. The predicted octanol–water partition coefficient (Wildman–Crippen LogP) is 2.46. The molecule has 0 radical (unpaired) electrons. The van der Waals surface area contributed by atoms with Crippen molar-refractivity contribution in [2.45, 2.75) is 58.5 Å². The van der Waals surface area contributed by atoms with Gasteiger partial charge in [0.05, 0.1) is 0 Å². The number of hydrogen-bond donors (Lipinski definition) is 2. The van der Waals surface area contributed by atoms with E-state index in [1.54, 1.807) is 0 Å². The van der Waals surface area contributed by atoms with Crippen LogP contribution >= 0.6 is 0 Å². The number of anilines is 1. The van der Waals surface area contributed by atoms with Gasteiger partial charge in [-0.3, -0.25) is 0 Å². The highest BCUT2D eigenvalue weighted by Gasteiger charge is 2.19. The van der Waals surface area contributed by atoms with E-state index in [0.29, 0.717) is 18.0 Å². The van der Waals surface area contributed by atoms with Gasteiger partial charge in [-0.15, -0.1) is 0 Å². The maximum atomic E-state index is 4.61. The first kappa shape index (κ1) is 13.3. The average Bonchev–Trinajstić information content (AvgIpc) is 2.28. The van der Waals surface area contributed by atoms with Crippen LogP contribution in [0.4, 0.5) is 5.95 Å². The summed E-state index contributed by atoms with van der Waals surface area (Å²) in [5.41, 5.74) is 2.16. The van der Waals surface area contributed by atoms with Gasteiger partial charge in [0.1, 0.15) is 0 Å². The van der Waals surface area contributed by atoms with Crippen molar-refractivity contribution >= 4 is 5.95 Å². The van der Waals surface area contributed by atoms with Crippen LogP contribution in [0.15, 0.2) is 6.07 Å². The SMILES string of the molecule is Cc1cc(C(C)C)nc(NC2CCNC(C)C2)n1. The quantitative estimate of drug-likeness (QED) is 0.862. The maximum Gasteiger partial charge on any atom is 0.223 e. The number of nitrogens with one attached hydrogen (secondary N) is 2. The van der Waals surface area contributed by atoms with Crippen LogP contribution in [0.3, 0.4) is 0 Å². The first-order chi connectivity index (χ1) is 8.54. The Morgan fingerprint density at radius 3 is 2.83 bits per heavy atom. The zero-order valence-electron chi connectivity index (χ0n) is 11.8. The molecular weight excluding hydrogens is 224 g/mol. The Balaban J connectivity index is 2.08. The van der Waals surface area contributed by atoms with E-state index in [1.165, 1.54) is 0 Å². The summed E-state index contributed by atoms with van der Waals surface area (Å²) in [5.74, 6) is 1.23. The van der Waals surface area contributed by atoms with Crippen LogP contribution in [-0.2, 0) is 0 Å². The molecule has 4 heteroatoms. The van der Waals surface area contributed by atoms with Gasteiger partial charge in [0.15, 0.2) is 0 Å². The minimum absolute atomic E-state index is 0.444. The number of aryl methyl sites for hydroxylation is 1. The molecule has 0 amide bonds. The molecule has 1 aromatic heterocycles. The lowest BCUT2D eigenvalue weighted by Gasteiger charge is -2.28. The molecule has 1 aliphatic rings. The maximum absolute atomic E-state index is 4.61. The highest BCUT2D eigenvalue weighted by atomic mass is 15.1. The molecule has 1 fully saturated rings. The molecule has 18 heavy (non-hydrogen) atoms. The van der Waals surface area contributed by atoms with Crippen LogP contribution in [0, 0.1) is 6.92 Å². The molecule has 1 aliphatic heterocycles. The molecule has 2 rings (SSSR count). The van der Waals surface area contributed by atoms with Crippen LogP contribution in [0.5, 0.6) is 0 Å². The molecule has 0 bridgehead atoms. The molecule has 0 saturated carbocycles. The Labute approximate surface area is 110 Å². The Bertz CT molecular complexity index is 403. The van der Waals surface area contributed by atoms with Gasteiger partial charge in [-0.25, -0.2) is 9.97 Å².